The average molecular weight is 236 g/mol. The number of benzene rings is 2. The van der Waals surface area contributed by atoms with Crippen molar-refractivity contribution in [3.05, 3.63) is 59.9 Å². The second kappa shape index (κ2) is 3.91. The van der Waals surface area contributed by atoms with Crippen molar-refractivity contribution >= 4 is 11.4 Å². The number of aryl methyl sites for hydroxylation is 2. The maximum absolute atomic E-state index is 3.88. The Hall–Kier alpha value is -2.22. The maximum atomic E-state index is 3.88. The summed E-state index contributed by atoms with van der Waals surface area (Å²) < 4.78 is 0. The highest BCUT2D eigenvalue weighted by Gasteiger charge is 2.13. The minimum atomic E-state index is 0.836. The first kappa shape index (κ1) is 10.9. The van der Waals surface area contributed by atoms with Crippen molar-refractivity contribution in [3.63, 3.8) is 0 Å². The number of hydrogen-bond acceptors (Lipinski definition) is 2. The third kappa shape index (κ3) is 1.76. The largest absolute Gasteiger partial charge is 0.341 e. The molecule has 0 fully saturated rings. The van der Waals surface area contributed by atoms with Gasteiger partial charge in [0.15, 0.2) is 0 Å². The van der Waals surface area contributed by atoms with E-state index in [0.717, 1.165) is 17.2 Å². The number of rotatable bonds is 1. The molecule has 0 unspecified atom stereocenters. The zero-order chi connectivity index (χ0) is 12.7. The lowest BCUT2D eigenvalue weighted by Crippen LogP contribution is -1.94. The predicted octanol–water partition coefficient (Wildman–Crippen LogP) is 4.28. The Morgan fingerprint density at radius 3 is 2.50 bits per heavy atom. The van der Waals surface area contributed by atoms with Gasteiger partial charge in [-0.2, -0.15) is 0 Å². The van der Waals surface area contributed by atoms with Gasteiger partial charge in [-0.25, -0.2) is 0 Å². The second-order valence-electron chi connectivity index (χ2n) is 4.81. The summed E-state index contributed by atoms with van der Waals surface area (Å²) in [6.45, 7) is 8.15. The molecule has 2 heteroatoms. The molecule has 2 aromatic rings. The monoisotopic (exact) mass is 236 g/mol. The van der Waals surface area contributed by atoms with Crippen molar-refractivity contribution < 1.29 is 0 Å². The Morgan fingerprint density at radius 1 is 0.889 bits per heavy atom. The molecule has 90 valence electrons. The van der Waals surface area contributed by atoms with E-state index in [9.17, 15) is 0 Å². The Bertz CT molecular complexity index is 642. The summed E-state index contributed by atoms with van der Waals surface area (Å²) in [5, 5.41) is 6.43. The first-order chi connectivity index (χ1) is 8.63. The summed E-state index contributed by atoms with van der Waals surface area (Å²) in [7, 11) is 0. The van der Waals surface area contributed by atoms with Crippen LogP contribution in [0.25, 0.3) is 11.1 Å². The Balaban J connectivity index is 2.11. The van der Waals surface area contributed by atoms with Crippen molar-refractivity contribution in [2.24, 2.45) is 0 Å². The highest BCUT2D eigenvalue weighted by Crippen LogP contribution is 2.35. The van der Waals surface area contributed by atoms with E-state index < -0.39 is 0 Å². The van der Waals surface area contributed by atoms with Crippen LogP contribution < -0.4 is 10.6 Å². The van der Waals surface area contributed by atoms with Crippen molar-refractivity contribution in [1.82, 2.24) is 0 Å². The van der Waals surface area contributed by atoms with Crippen molar-refractivity contribution in [2.45, 2.75) is 13.8 Å². The fourth-order valence-electron chi connectivity index (χ4n) is 2.33. The highest BCUT2D eigenvalue weighted by atomic mass is 15.2. The number of nitrogens with one attached hydrogen (secondary N) is 2. The van der Waals surface area contributed by atoms with E-state index >= 15 is 0 Å². The molecule has 0 atom stereocenters. The molecule has 3 rings (SSSR count). The zero-order valence-electron chi connectivity index (χ0n) is 10.7. The summed E-state index contributed by atoms with van der Waals surface area (Å²) in [6, 6.07) is 13.0. The molecular formula is C16H16N2. The van der Waals surface area contributed by atoms with Crippen LogP contribution in [0, 0.1) is 13.8 Å². The van der Waals surface area contributed by atoms with Crippen LogP contribution in [0.4, 0.5) is 11.4 Å². The number of hydrogen-bond donors (Lipinski definition) is 2. The molecule has 0 saturated carbocycles. The second-order valence-corrected chi connectivity index (χ2v) is 4.81. The fourth-order valence-corrected chi connectivity index (χ4v) is 2.33. The van der Waals surface area contributed by atoms with Gasteiger partial charge in [0.2, 0.25) is 0 Å². The summed E-state index contributed by atoms with van der Waals surface area (Å²) in [6.07, 6.45) is 0. The van der Waals surface area contributed by atoms with E-state index in [2.05, 4.69) is 67.5 Å². The van der Waals surface area contributed by atoms with Crippen molar-refractivity contribution in [1.29, 1.82) is 0 Å². The normalized spacial score (nSPS) is 12.9. The van der Waals surface area contributed by atoms with Gasteiger partial charge in [0, 0.05) is 0 Å². The van der Waals surface area contributed by atoms with Gasteiger partial charge in [-0.15, -0.1) is 0 Å². The van der Waals surface area contributed by atoms with E-state index in [1.807, 2.05) is 0 Å². The number of fused-ring (bicyclic) bond motifs is 1. The van der Waals surface area contributed by atoms with Crippen LogP contribution in [0.5, 0.6) is 0 Å². The van der Waals surface area contributed by atoms with Gasteiger partial charge in [0.1, 0.15) is 5.82 Å². The van der Waals surface area contributed by atoms with Crippen molar-refractivity contribution in [2.75, 3.05) is 10.6 Å². The Labute approximate surface area is 107 Å². The van der Waals surface area contributed by atoms with E-state index in [0.29, 0.717) is 0 Å². The van der Waals surface area contributed by atoms with E-state index in [-0.39, 0.29) is 0 Å². The molecule has 0 spiro atoms. The molecule has 0 radical (unpaired) electrons. The van der Waals surface area contributed by atoms with Gasteiger partial charge < -0.3 is 10.6 Å². The highest BCUT2D eigenvalue weighted by molar-refractivity contribution is 5.84. The molecule has 0 aliphatic carbocycles. The van der Waals surface area contributed by atoms with Crippen LogP contribution in [0.1, 0.15) is 11.1 Å². The summed E-state index contributed by atoms with van der Waals surface area (Å²) in [5.74, 6) is 0.836. The maximum Gasteiger partial charge on any atom is 0.100 e. The molecule has 0 saturated heterocycles. The molecular weight excluding hydrogens is 220 g/mol. The van der Waals surface area contributed by atoms with Gasteiger partial charge in [-0.3, -0.25) is 0 Å². The van der Waals surface area contributed by atoms with E-state index in [1.165, 1.54) is 22.3 Å². The van der Waals surface area contributed by atoms with Crippen LogP contribution in [-0.2, 0) is 0 Å². The quantitative estimate of drug-likeness (QED) is 0.772. The van der Waals surface area contributed by atoms with Gasteiger partial charge >= 0.3 is 0 Å². The lowest BCUT2D eigenvalue weighted by atomic mass is 9.98. The zero-order valence-corrected chi connectivity index (χ0v) is 10.7. The summed E-state index contributed by atoms with van der Waals surface area (Å²) >= 11 is 0. The van der Waals surface area contributed by atoms with Crippen LogP contribution >= 0.6 is 0 Å². The summed E-state index contributed by atoms with van der Waals surface area (Å²) in [5.41, 5.74) is 7.29. The topological polar surface area (TPSA) is 24.1 Å². The van der Waals surface area contributed by atoms with Gasteiger partial charge in [0.05, 0.1) is 11.4 Å². The number of anilines is 2. The molecule has 2 N–H and O–H groups in total. The minimum absolute atomic E-state index is 0.836. The minimum Gasteiger partial charge on any atom is -0.341 e. The van der Waals surface area contributed by atoms with Gasteiger partial charge in [0.25, 0.3) is 0 Å². The molecule has 1 aliphatic heterocycles. The molecule has 0 aromatic heterocycles. The SMILES string of the molecule is C=C1Nc2ccc(-c3cc(C)ccc3C)cc2N1. The van der Waals surface area contributed by atoms with Gasteiger partial charge in [-0.1, -0.05) is 36.4 Å². The molecule has 1 heterocycles. The standard InChI is InChI=1S/C16H16N2/c1-10-4-5-11(2)14(8-10)13-6-7-15-16(9-13)18-12(3)17-15/h4-9,17-18H,3H2,1-2H3. The third-order valence-corrected chi connectivity index (χ3v) is 3.29. The first-order valence-corrected chi connectivity index (χ1v) is 6.08. The average Bonchev–Trinajstić information content (AvgIpc) is 2.71. The molecule has 0 bridgehead atoms. The molecule has 2 nitrogen and oxygen atoms in total. The van der Waals surface area contributed by atoms with Crippen LogP contribution in [0.3, 0.4) is 0 Å². The van der Waals surface area contributed by atoms with Crippen LogP contribution in [0.2, 0.25) is 0 Å². The predicted molar refractivity (Wildman–Crippen MR) is 77.7 cm³/mol. The smallest absolute Gasteiger partial charge is 0.100 e. The lowest BCUT2D eigenvalue weighted by molar-refractivity contribution is 1.39. The lowest BCUT2D eigenvalue weighted by Gasteiger charge is -2.09. The van der Waals surface area contributed by atoms with Gasteiger partial charge in [-0.05, 0) is 42.7 Å². The molecule has 18 heavy (non-hydrogen) atoms. The molecule has 2 aromatic carbocycles. The van der Waals surface area contributed by atoms with E-state index in [4.69, 9.17) is 0 Å². The first-order valence-electron chi connectivity index (χ1n) is 6.08. The van der Waals surface area contributed by atoms with Crippen molar-refractivity contribution in [3.8, 4) is 11.1 Å². The Morgan fingerprint density at radius 2 is 1.67 bits per heavy atom. The fraction of sp³-hybridized carbons (Fsp3) is 0.125. The van der Waals surface area contributed by atoms with Crippen LogP contribution in [-0.4, -0.2) is 0 Å². The third-order valence-electron chi connectivity index (χ3n) is 3.29. The molecule has 0 amide bonds. The van der Waals surface area contributed by atoms with E-state index in [1.54, 1.807) is 0 Å². The summed E-state index contributed by atoms with van der Waals surface area (Å²) in [4.78, 5) is 0. The molecule has 1 aliphatic rings. The van der Waals surface area contributed by atoms with Crippen LogP contribution in [0.15, 0.2) is 48.8 Å². The Kier molecular flexibility index (Phi) is 2.37.